The summed E-state index contributed by atoms with van der Waals surface area (Å²) in [5.41, 5.74) is 2.22. The van der Waals surface area contributed by atoms with Gasteiger partial charge in [0.25, 0.3) is 5.91 Å². The molecule has 1 aromatic carbocycles. The molecule has 0 bridgehead atoms. The zero-order chi connectivity index (χ0) is 18.5. The molecule has 1 atom stereocenters. The summed E-state index contributed by atoms with van der Waals surface area (Å²) in [5, 5.41) is 3.49. The summed E-state index contributed by atoms with van der Waals surface area (Å²) in [6, 6.07) is 9.21. The van der Waals surface area contributed by atoms with Crippen LogP contribution < -0.4 is 5.32 Å². The first-order valence-electron chi connectivity index (χ1n) is 11.1. The Balaban J connectivity index is 1.31. The van der Waals surface area contributed by atoms with Gasteiger partial charge in [0.2, 0.25) is 0 Å². The van der Waals surface area contributed by atoms with Crippen molar-refractivity contribution in [3.8, 4) is 0 Å². The molecule has 4 heteroatoms. The second kappa shape index (κ2) is 9.20. The lowest BCUT2D eigenvalue weighted by Gasteiger charge is -2.27. The minimum atomic E-state index is 0.217. The fourth-order valence-electron chi connectivity index (χ4n) is 5.17. The van der Waals surface area contributed by atoms with Crippen molar-refractivity contribution in [2.45, 2.75) is 57.4 Å². The summed E-state index contributed by atoms with van der Waals surface area (Å²) >= 11 is 0. The Hall–Kier alpha value is -1.39. The number of nitrogens with zero attached hydrogens (tertiary/aromatic N) is 2. The molecule has 0 spiro atoms. The van der Waals surface area contributed by atoms with Crippen molar-refractivity contribution >= 4 is 5.91 Å². The quantitative estimate of drug-likeness (QED) is 0.884. The van der Waals surface area contributed by atoms with Gasteiger partial charge in [-0.15, -0.1) is 0 Å². The van der Waals surface area contributed by atoms with Gasteiger partial charge in [-0.05, 0) is 75.2 Å². The van der Waals surface area contributed by atoms with E-state index in [4.69, 9.17) is 0 Å². The van der Waals surface area contributed by atoms with Gasteiger partial charge < -0.3 is 10.2 Å². The minimum absolute atomic E-state index is 0.217. The molecule has 1 amide bonds. The SMILES string of the molecule is O=C(c1ccc(CC2CCCNC2)cc1)N1CCCN(C2CCCC2)CC1. The van der Waals surface area contributed by atoms with Gasteiger partial charge in [0.1, 0.15) is 0 Å². The Labute approximate surface area is 164 Å². The van der Waals surface area contributed by atoms with E-state index in [2.05, 4.69) is 27.2 Å². The lowest BCUT2D eigenvalue weighted by molar-refractivity contribution is 0.0758. The zero-order valence-electron chi connectivity index (χ0n) is 16.7. The van der Waals surface area contributed by atoms with E-state index in [0.717, 1.165) is 69.6 Å². The second-order valence-electron chi connectivity index (χ2n) is 8.73. The van der Waals surface area contributed by atoms with Gasteiger partial charge in [-0.2, -0.15) is 0 Å². The van der Waals surface area contributed by atoms with E-state index in [0.29, 0.717) is 0 Å². The molecule has 1 unspecified atom stereocenters. The standard InChI is InChI=1S/C23H35N3O/c27-23(26-14-4-13-25(15-16-26)22-6-1-2-7-22)21-10-8-19(9-11-21)17-20-5-3-12-24-18-20/h8-11,20,22,24H,1-7,12-18H2. The number of benzene rings is 1. The molecule has 1 aromatic rings. The fourth-order valence-corrected chi connectivity index (χ4v) is 5.17. The van der Waals surface area contributed by atoms with Gasteiger partial charge in [0.05, 0.1) is 0 Å². The normalized spacial score (nSPS) is 25.5. The van der Waals surface area contributed by atoms with Crippen LogP contribution in [0.1, 0.15) is 60.9 Å². The number of hydrogen-bond acceptors (Lipinski definition) is 3. The van der Waals surface area contributed by atoms with Crippen LogP contribution in [0.25, 0.3) is 0 Å². The van der Waals surface area contributed by atoms with Crippen molar-refractivity contribution in [3.05, 3.63) is 35.4 Å². The monoisotopic (exact) mass is 369 g/mol. The van der Waals surface area contributed by atoms with Crippen LogP contribution in [-0.2, 0) is 6.42 Å². The van der Waals surface area contributed by atoms with Gasteiger partial charge in [-0.3, -0.25) is 9.69 Å². The highest BCUT2D eigenvalue weighted by atomic mass is 16.2. The van der Waals surface area contributed by atoms with Gasteiger partial charge in [-0.25, -0.2) is 0 Å². The number of amides is 1. The van der Waals surface area contributed by atoms with Crippen LogP contribution in [0.2, 0.25) is 0 Å². The smallest absolute Gasteiger partial charge is 0.253 e. The third-order valence-corrected chi connectivity index (χ3v) is 6.78. The fraction of sp³-hybridized carbons (Fsp3) is 0.696. The van der Waals surface area contributed by atoms with E-state index in [-0.39, 0.29) is 5.91 Å². The first-order chi connectivity index (χ1) is 13.3. The van der Waals surface area contributed by atoms with Crippen molar-refractivity contribution in [3.63, 3.8) is 0 Å². The molecule has 4 nitrogen and oxygen atoms in total. The summed E-state index contributed by atoms with van der Waals surface area (Å²) < 4.78 is 0. The van der Waals surface area contributed by atoms with Crippen LogP contribution in [0.15, 0.2) is 24.3 Å². The highest BCUT2D eigenvalue weighted by Crippen LogP contribution is 2.24. The van der Waals surface area contributed by atoms with E-state index in [1.165, 1.54) is 44.1 Å². The molecular weight excluding hydrogens is 334 g/mol. The van der Waals surface area contributed by atoms with E-state index in [1.54, 1.807) is 0 Å². The Bertz CT molecular complexity index is 603. The van der Waals surface area contributed by atoms with Crippen LogP contribution >= 0.6 is 0 Å². The molecule has 148 valence electrons. The van der Waals surface area contributed by atoms with Crippen LogP contribution in [0.3, 0.4) is 0 Å². The summed E-state index contributed by atoms with van der Waals surface area (Å²) in [5.74, 6) is 0.960. The topological polar surface area (TPSA) is 35.6 Å². The van der Waals surface area contributed by atoms with Gasteiger partial charge >= 0.3 is 0 Å². The molecule has 2 aliphatic heterocycles. The van der Waals surface area contributed by atoms with Crippen LogP contribution in [0.4, 0.5) is 0 Å². The maximum absolute atomic E-state index is 13.0. The molecule has 2 heterocycles. The van der Waals surface area contributed by atoms with E-state index in [9.17, 15) is 4.79 Å². The zero-order valence-corrected chi connectivity index (χ0v) is 16.7. The molecule has 0 radical (unpaired) electrons. The summed E-state index contributed by atoms with van der Waals surface area (Å²) in [6.07, 6.45) is 10.3. The Morgan fingerprint density at radius 1 is 0.926 bits per heavy atom. The van der Waals surface area contributed by atoms with E-state index < -0.39 is 0 Å². The van der Waals surface area contributed by atoms with E-state index in [1.807, 2.05) is 12.1 Å². The number of carbonyl (C=O) groups is 1. The van der Waals surface area contributed by atoms with Crippen molar-refractivity contribution < 1.29 is 4.79 Å². The minimum Gasteiger partial charge on any atom is -0.337 e. The third kappa shape index (κ3) is 4.91. The predicted octanol–water partition coefficient (Wildman–Crippen LogP) is 3.32. The first kappa shape index (κ1) is 18.9. The third-order valence-electron chi connectivity index (χ3n) is 6.78. The molecule has 2 saturated heterocycles. The molecule has 0 aromatic heterocycles. The molecule has 4 rings (SSSR count). The molecule has 1 saturated carbocycles. The van der Waals surface area contributed by atoms with Crippen molar-refractivity contribution in [2.24, 2.45) is 5.92 Å². The number of rotatable bonds is 4. The highest BCUT2D eigenvalue weighted by Gasteiger charge is 2.26. The number of carbonyl (C=O) groups excluding carboxylic acids is 1. The Morgan fingerprint density at radius 3 is 2.48 bits per heavy atom. The summed E-state index contributed by atoms with van der Waals surface area (Å²) in [6.45, 7) is 6.28. The molecule has 1 aliphatic carbocycles. The van der Waals surface area contributed by atoms with Crippen LogP contribution in [0.5, 0.6) is 0 Å². The predicted molar refractivity (Wildman–Crippen MR) is 110 cm³/mol. The van der Waals surface area contributed by atoms with Crippen LogP contribution in [0, 0.1) is 5.92 Å². The first-order valence-corrected chi connectivity index (χ1v) is 11.1. The van der Waals surface area contributed by atoms with Gasteiger partial charge in [0.15, 0.2) is 0 Å². The molecule has 3 fully saturated rings. The second-order valence-corrected chi connectivity index (χ2v) is 8.73. The molecule has 1 N–H and O–H groups in total. The van der Waals surface area contributed by atoms with Crippen molar-refractivity contribution in [2.75, 3.05) is 39.3 Å². The average Bonchev–Trinajstić information content (AvgIpc) is 3.14. The summed E-state index contributed by atoms with van der Waals surface area (Å²) in [7, 11) is 0. The average molecular weight is 370 g/mol. The number of hydrogen-bond donors (Lipinski definition) is 1. The Morgan fingerprint density at radius 2 is 1.74 bits per heavy atom. The number of piperidine rings is 1. The highest BCUT2D eigenvalue weighted by molar-refractivity contribution is 5.94. The molecule has 3 aliphatic rings. The lowest BCUT2D eigenvalue weighted by atomic mass is 9.92. The van der Waals surface area contributed by atoms with Gasteiger partial charge in [0, 0.05) is 37.8 Å². The van der Waals surface area contributed by atoms with Gasteiger partial charge in [-0.1, -0.05) is 25.0 Å². The Kier molecular flexibility index (Phi) is 6.46. The van der Waals surface area contributed by atoms with Crippen molar-refractivity contribution in [1.29, 1.82) is 0 Å². The maximum atomic E-state index is 13.0. The van der Waals surface area contributed by atoms with Crippen LogP contribution in [-0.4, -0.2) is 61.0 Å². The number of nitrogens with one attached hydrogen (secondary N) is 1. The molecular formula is C23H35N3O. The molecule has 27 heavy (non-hydrogen) atoms. The van der Waals surface area contributed by atoms with E-state index >= 15 is 0 Å². The van der Waals surface area contributed by atoms with Crippen molar-refractivity contribution in [1.82, 2.24) is 15.1 Å². The lowest BCUT2D eigenvalue weighted by Crippen LogP contribution is -2.38. The largest absolute Gasteiger partial charge is 0.337 e. The maximum Gasteiger partial charge on any atom is 0.253 e. The summed E-state index contributed by atoms with van der Waals surface area (Å²) in [4.78, 5) is 17.7.